The third kappa shape index (κ3) is 4.55. The summed E-state index contributed by atoms with van der Waals surface area (Å²) in [6, 6.07) is 6.12. The lowest BCUT2D eigenvalue weighted by Crippen LogP contribution is -2.52. The van der Waals surface area contributed by atoms with Crippen LogP contribution in [0.25, 0.3) is 0 Å². The van der Waals surface area contributed by atoms with Gasteiger partial charge in [0.15, 0.2) is 0 Å². The summed E-state index contributed by atoms with van der Waals surface area (Å²) in [5.41, 5.74) is 0.874. The van der Waals surface area contributed by atoms with Crippen molar-refractivity contribution in [1.29, 1.82) is 0 Å². The standard InChI is InChI=1S/C19H24ClNO5/c1-3-15(19(25)26-4-2)21-16(12-5-8-14(20)9-6-12)10-7-13(18(21)24)11-17(22)23/h5-6,8-9,13,15-16H,3-4,7,10-11H2,1-2H3,(H,22,23)/t13-,15+,16+/m1/s1. The maximum absolute atomic E-state index is 13.0. The van der Waals surface area contributed by atoms with Gasteiger partial charge in [0.25, 0.3) is 0 Å². The number of carbonyl (C=O) groups is 3. The van der Waals surface area contributed by atoms with Gasteiger partial charge in [-0.2, -0.15) is 0 Å². The van der Waals surface area contributed by atoms with E-state index in [0.29, 0.717) is 24.3 Å². The molecule has 2 rings (SSSR count). The number of hydrogen-bond acceptors (Lipinski definition) is 4. The van der Waals surface area contributed by atoms with E-state index < -0.39 is 23.9 Å². The Morgan fingerprint density at radius 1 is 1.27 bits per heavy atom. The molecule has 26 heavy (non-hydrogen) atoms. The molecule has 1 fully saturated rings. The van der Waals surface area contributed by atoms with Crippen LogP contribution in [0, 0.1) is 5.92 Å². The molecule has 0 aromatic heterocycles. The smallest absolute Gasteiger partial charge is 0.328 e. The van der Waals surface area contributed by atoms with Crippen molar-refractivity contribution in [1.82, 2.24) is 4.90 Å². The lowest BCUT2D eigenvalue weighted by atomic mass is 9.85. The molecule has 1 heterocycles. The highest BCUT2D eigenvalue weighted by Gasteiger charge is 2.42. The first-order valence-electron chi connectivity index (χ1n) is 8.85. The minimum Gasteiger partial charge on any atom is -0.481 e. The maximum atomic E-state index is 13.0. The molecule has 1 aliphatic rings. The molecule has 0 bridgehead atoms. The van der Waals surface area contributed by atoms with E-state index in [9.17, 15) is 14.4 Å². The number of ether oxygens (including phenoxy) is 1. The van der Waals surface area contributed by atoms with Crippen molar-refractivity contribution in [3.8, 4) is 0 Å². The van der Waals surface area contributed by atoms with Crippen LogP contribution in [0.5, 0.6) is 0 Å². The molecule has 1 amide bonds. The second kappa shape index (κ2) is 9.03. The summed E-state index contributed by atoms with van der Waals surface area (Å²) in [6.07, 6.45) is 1.21. The molecule has 0 aliphatic carbocycles. The zero-order chi connectivity index (χ0) is 19.3. The lowest BCUT2D eigenvalue weighted by Gasteiger charge is -2.42. The van der Waals surface area contributed by atoms with E-state index in [1.165, 1.54) is 4.90 Å². The first-order valence-corrected chi connectivity index (χ1v) is 9.22. The molecular formula is C19H24ClNO5. The van der Waals surface area contributed by atoms with Crippen molar-refractivity contribution < 1.29 is 24.2 Å². The summed E-state index contributed by atoms with van der Waals surface area (Å²) in [7, 11) is 0. The minimum absolute atomic E-state index is 0.224. The van der Waals surface area contributed by atoms with Gasteiger partial charge < -0.3 is 14.7 Å². The summed E-state index contributed by atoms with van der Waals surface area (Å²) < 4.78 is 5.15. The van der Waals surface area contributed by atoms with Crippen molar-refractivity contribution in [2.45, 2.75) is 51.6 Å². The van der Waals surface area contributed by atoms with E-state index in [0.717, 1.165) is 5.56 Å². The van der Waals surface area contributed by atoms with Crippen molar-refractivity contribution >= 4 is 29.4 Å². The summed E-state index contributed by atoms with van der Waals surface area (Å²) in [5.74, 6) is -2.41. The molecule has 1 aliphatic heterocycles. The minimum atomic E-state index is -1.02. The Morgan fingerprint density at radius 3 is 2.46 bits per heavy atom. The molecule has 1 saturated heterocycles. The van der Waals surface area contributed by atoms with Crippen LogP contribution in [0.4, 0.5) is 0 Å². The molecule has 0 unspecified atom stereocenters. The molecule has 1 aromatic rings. The highest BCUT2D eigenvalue weighted by Crippen LogP contribution is 2.38. The molecular weight excluding hydrogens is 358 g/mol. The Kier molecular flexibility index (Phi) is 7.03. The third-order valence-electron chi connectivity index (χ3n) is 4.69. The average Bonchev–Trinajstić information content (AvgIpc) is 2.59. The largest absolute Gasteiger partial charge is 0.481 e. The van der Waals surface area contributed by atoms with E-state index in [2.05, 4.69) is 0 Å². The van der Waals surface area contributed by atoms with Gasteiger partial charge in [-0.25, -0.2) is 4.79 Å². The van der Waals surface area contributed by atoms with Gasteiger partial charge in [0.1, 0.15) is 6.04 Å². The van der Waals surface area contributed by atoms with Gasteiger partial charge in [0, 0.05) is 10.9 Å². The number of piperidine rings is 1. The predicted octanol–water partition coefficient (Wildman–Crippen LogP) is 3.44. The van der Waals surface area contributed by atoms with Gasteiger partial charge in [-0.05, 0) is 43.9 Å². The number of nitrogens with zero attached hydrogens (tertiary/aromatic N) is 1. The molecule has 1 aromatic carbocycles. The van der Waals surface area contributed by atoms with Crippen LogP contribution >= 0.6 is 11.6 Å². The van der Waals surface area contributed by atoms with E-state index in [1.54, 1.807) is 19.1 Å². The van der Waals surface area contributed by atoms with Crippen LogP contribution in [0.15, 0.2) is 24.3 Å². The van der Waals surface area contributed by atoms with E-state index >= 15 is 0 Å². The molecule has 0 spiro atoms. The second-order valence-corrected chi connectivity index (χ2v) is 6.80. The van der Waals surface area contributed by atoms with Crippen LogP contribution < -0.4 is 0 Å². The molecule has 142 valence electrons. The Hall–Kier alpha value is -2.08. The number of likely N-dealkylation sites (tertiary alicyclic amines) is 1. The fourth-order valence-electron chi connectivity index (χ4n) is 3.48. The zero-order valence-electron chi connectivity index (χ0n) is 15.0. The Morgan fingerprint density at radius 2 is 1.92 bits per heavy atom. The number of esters is 1. The fraction of sp³-hybridized carbons (Fsp3) is 0.526. The summed E-state index contributed by atoms with van der Waals surface area (Å²) >= 11 is 5.96. The van der Waals surface area contributed by atoms with Crippen LogP contribution in [-0.4, -0.2) is 40.5 Å². The highest BCUT2D eigenvalue weighted by molar-refractivity contribution is 6.30. The van der Waals surface area contributed by atoms with Crippen molar-refractivity contribution in [2.24, 2.45) is 5.92 Å². The van der Waals surface area contributed by atoms with E-state index in [1.807, 2.05) is 19.1 Å². The maximum Gasteiger partial charge on any atom is 0.328 e. The van der Waals surface area contributed by atoms with Gasteiger partial charge >= 0.3 is 11.9 Å². The number of hydrogen-bond donors (Lipinski definition) is 1. The summed E-state index contributed by atoms with van der Waals surface area (Å²) in [4.78, 5) is 38.1. The van der Waals surface area contributed by atoms with Crippen molar-refractivity contribution in [3.63, 3.8) is 0 Å². The van der Waals surface area contributed by atoms with Crippen molar-refractivity contribution in [2.75, 3.05) is 6.61 Å². The highest BCUT2D eigenvalue weighted by atomic mass is 35.5. The third-order valence-corrected chi connectivity index (χ3v) is 4.94. The Bertz CT molecular complexity index is 660. The molecule has 0 saturated carbocycles. The number of carboxylic acids is 1. The van der Waals surface area contributed by atoms with Gasteiger partial charge in [0.2, 0.25) is 5.91 Å². The molecule has 7 heteroatoms. The lowest BCUT2D eigenvalue weighted by molar-refractivity contribution is -0.162. The van der Waals surface area contributed by atoms with Crippen LogP contribution in [-0.2, 0) is 19.1 Å². The topological polar surface area (TPSA) is 83.9 Å². The van der Waals surface area contributed by atoms with Gasteiger partial charge in [-0.1, -0.05) is 30.7 Å². The van der Waals surface area contributed by atoms with Gasteiger partial charge in [0.05, 0.1) is 19.1 Å². The zero-order valence-corrected chi connectivity index (χ0v) is 15.7. The number of carboxylic acid groups (broad SMARTS) is 1. The van der Waals surface area contributed by atoms with Gasteiger partial charge in [-0.15, -0.1) is 0 Å². The predicted molar refractivity (Wildman–Crippen MR) is 96.7 cm³/mol. The Labute approximate surface area is 158 Å². The number of rotatable bonds is 7. The van der Waals surface area contributed by atoms with Crippen LogP contribution in [0.3, 0.4) is 0 Å². The Balaban J connectivity index is 2.39. The molecule has 3 atom stereocenters. The quantitative estimate of drug-likeness (QED) is 0.731. The molecule has 0 radical (unpaired) electrons. The first kappa shape index (κ1) is 20.2. The SMILES string of the molecule is CCOC(=O)[C@H](CC)N1C(=O)[C@@H](CC(=O)O)CC[C@H]1c1ccc(Cl)cc1. The number of carbonyl (C=O) groups excluding carboxylic acids is 2. The van der Waals surface area contributed by atoms with E-state index in [4.69, 9.17) is 21.4 Å². The number of amides is 1. The molecule has 1 N–H and O–H groups in total. The fourth-order valence-corrected chi connectivity index (χ4v) is 3.61. The number of aliphatic carboxylic acids is 1. The number of benzene rings is 1. The van der Waals surface area contributed by atoms with Gasteiger partial charge in [-0.3, -0.25) is 9.59 Å². The number of halogens is 1. The summed E-state index contributed by atoms with van der Waals surface area (Å²) in [6.45, 7) is 3.75. The first-order chi connectivity index (χ1) is 12.4. The normalized spacial score (nSPS) is 21.3. The molecule has 6 nitrogen and oxygen atoms in total. The van der Waals surface area contributed by atoms with E-state index in [-0.39, 0.29) is 25.0 Å². The van der Waals surface area contributed by atoms with Crippen LogP contribution in [0.2, 0.25) is 5.02 Å². The van der Waals surface area contributed by atoms with Crippen LogP contribution in [0.1, 0.15) is 51.1 Å². The summed E-state index contributed by atoms with van der Waals surface area (Å²) in [5, 5.41) is 9.68. The second-order valence-electron chi connectivity index (χ2n) is 6.36. The average molecular weight is 382 g/mol. The monoisotopic (exact) mass is 381 g/mol. The van der Waals surface area contributed by atoms with Crippen molar-refractivity contribution in [3.05, 3.63) is 34.9 Å².